The molecule has 166 valence electrons. The Hall–Kier alpha value is -2.17. The Morgan fingerprint density at radius 3 is 2.00 bits per heavy atom. The highest BCUT2D eigenvalue weighted by molar-refractivity contribution is 6.19. The monoisotopic (exact) mass is 442 g/mol. The first-order valence-electron chi connectivity index (χ1n) is 10.9. The van der Waals surface area contributed by atoms with Gasteiger partial charge in [-0.2, -0.15) is 0 Å². The van der Waals surface area contributed by atoms with Gasteiger partial charge in [-0.25, -0.2) is 4.79 Å². The van der Waals surface area contributed by atoms with Gasteiger partial charge in [0, 0.05) is 5.56 Å². The Bertz CT molecular complexity index is 871. The topological polar surface area (TPSA) is 52.6 Å². The maximum absolute atomic E-state index is 12.0. The van der Waals surface area contributed by atoms with Crippen molar-refractivity contribution < 1.29 is 19.1 Å². The highest BCUT2D eigenvalue weighted by Gasteiger charge is 2.41. The van der Waals surface area contributed by atoms with Gasteiger partial charge < -0.3 is 9.47 Å². The Kier molecular flexibility index (Phi) is 8.28. The average Bonchev–Trinajstić information content (AvgIpc) is 3.06. The summed E-state index contributed by atoms with van der Waals surface area (Å²) in [5.74, 6) is 0.966. The molecular weight excluding hydrogens is 412 g/mol. The molecule has 4 rings (SSSR count). The van der Waals surface area contributed by atoms with E-state index in [1.165, 1.54) is 24.8 Å². The lowest BCUT2D eigenvalue weighted by atomic mass is 9.73. The van der Waals surface area contributed by atoms with Crippen LogP contribution in [0.2, 0.25) is 0 Å². The van der Waals surface area contributed by atoms with Gasteiger partial charge in [-0.05, 0) is 51.2 Å². The molecule has 0 radical (unpaired) electrons. The first-order valence-corrected chi connectivity index (χ1v) is 11.4. The van der Waals surface area contributed by atoms with Crippen molar-refractivity contribution in [2.24, 2.45) is 11.8 Å². The fraction of sp³-hybridized carbons (Fsp3) is 0.462. The van der Waals surface area contributed by atoms with Crippen LogP contribution in [0.3, 0.4) is 0 Å². The van der Waals surface area contributed by atoms with Crippen LogP contribution in [-0.4, -0.2) is 30.0 Å². The van der Waals surface area contributed by atoms with E-state index in [9.17, 15) is 9.59 Å². The number of esters is 1. The Labute approximate surface area is 189 Å². The van der Waals surface area contributed by atoms with E-state index < -0.39 is 0 Å². The zero-order chi connectivity index (χ0) is 22.4. The van der Waals surface area contributed by atoms with E-state index >= 15 is 0 Å². The van der Waals surface area contributed by atoms with Crippen LogP contribution in [-0.2, 0) is 9.47 Å². The molecule has 1 saturated carbocycles. The summed E-state index contributed by atoms with van der Waals surface area (Å²) in [5.41, 5.74) is 3.44. The SMILES string of the molecule is CC(=O)c1ccc(C)cc1.Cc1ccc(C(=O)OCC2O[C@H](Cl)C[C@H]2C2CCC2)cc1. The van der Waals surface area contributed by atoms with E-state index in [1.807, 2.05) is 50.2 Å². The molecule has 2 aromatic rings. The molecule has 0 N–H and O–H groups in total. The number of hydrogen-bond acceptors (Lipinski definition) is 4. The number of carbonyl (C=O) groups excluding carboxylic acids is 2. The second-order valence-corrected chi connectivity index (χ2v) is 9.05. The minimum Gasteiger partial charge on any atom is -0.459 e. The maximum atomic E-state index is 12.0. The zero-order valence-electron chi connectivity index (χ0n) is 18.5. The number of ether oxygens (including phenoxy) is 2. The quantitative estimate of drug-likeness (QED) is 0.318. The van der Waals surface area contributed by atoms with Crippen LogP contribution >= 0.6 is 11.6 Å². The molecule has 0 aromatic heterocycles. The van der Waals surface area contributed by atoms with Gasteiger partial charge in [0.25, 0.3) is 0 Å². The van der Waals surface area contributed by atoms with E-state index in [-0.39, 0.29) is 23.4 Å². The number of ketones is 1. The van der Waals surface area contributed by atoms with Gasteiger partial charge in [0.2, 0.25) is 0 Å². The molecule has 1 heterocycles. The van der Waals surface area contributed by atoms with Gasteiger partial charge in [0.15, 0.2) is 5.78 Å². The second-order valence-electron chi connectivity index (χ2n) is 8.56. The molecule has 0 amide bonds. The summed E-state index contributed by atoms with van der Waals surface area (Å²) in [5, 5.41) is 0. The molecule has 2 fully saturated rings. The molecule has 0 bridgehead atoms. The number of aryl methyl sites for hydroxylation is 2. The largest absolute Gasteiger partial charge is 0.459 e. The molecular formula is C26H31ClO4. The summed E-state index contributed by atoms with van der Waals surface area (Å²) in [6.45, 7) is 5.87. The van der Waals surface area contributed by atoms with Crippen molar-refractivity contribution in [3.05, 3.63) is 70.8 Å². The Balaban J connectivity index is 0.000000229. The first-order chi connectivity index (χ1) is 14.8. The van der Waals surface area contributed by atoms with E-state index in [0.717, 1.165) is 17.5 Å². The van der Waals surface area contributed by atoms with Gasteiger partial charge in [-0.1, -0.05) is 78.4 Å². The molecule has 1 aliphatic heterocycles. The summed E-state index contributed by atoms with van der Waals surface area (Å²) in [4.78, 5) is 22.8. The predicted molar refractivity (Wildman–Crippen MR) is 123 cm³/mol. The minimum atomic E-state index is -0.288. The minimum absolute atomic E-state index is 0.0489. The Morgan fingerprint density at radius 1 is 0.968 bits per heavy atom. The molecule has 4 nitrogen and oxygen atoms in total. The van der Waals surface area contributed by atoms with Gasteiger partial charge in [0.05, 0.1) is 11.7 Å². The summed E-state index contributed by atoms with van der Waals surface area (Å²) in [6.07, 6.45) is 4.62. The fourth-order valence-corrected chi connectivity index (χ4v) is 4.30. The van der Waals surface area contributed by atoms with Gasteiger partial charge in [-0.3, -0.25) is 4.79 Å². The van der Waals surface area contributed by atoms with Gasteiger partial charge in [-0.15, -0.1) is 0 Å². The van der Waals surface area contributed by atoms with Crippen LogP contribution < -0.4 is 0 Å². The lowest BCUT2D eigenvalue weighted by molar-refractivity contribution is -0.0131. The highest BCUT2D eigenvalue weighted by Crippen LogP contribution is 2.43. The summed E-state index contributed by atoms with van der Waals surface area (Å²) >= 11 is 6.11. The Morgan fingerprint density at radius 2 is 1.52 bits per heavy atom. The molecule has 31 heavy (non-hydrogen) atoms. The van der Waals surface area contributed by atoms with E-state index in [4.69, 9.17) is 21.1 Å². The van der Waals surface area contributed by atoms with Crippen molar-refractivity contribution >= 4 is 23.4 Å². The number of rotatable bonds is 5. The number of halogens is 1. The van der Waals surface area contributed by atoms with E-state index in [1.54, 1.807) is 19.1 Å². The number of carbonyl (C=O) groups is 2. The first kappa shape index (κ1) is 23.5. The maximum Gasteiger partial charge on any atom is 0.338 e. The van der Waals surface area contributed by atoms with Gasteiger partial charge >= 0.3 is 5.97 Å². The van der Waals surface area contributed by atoms with Crippen LogP contribution in [0.25, 0.3) is 0 Å². The van der Waals surface area contributed by atoms with Crippen molar-refractivity contribution in [3.63, 3.8) is 0 Å². The smallest absolute Gasteiger partial charge is 0.338 e. The molecule has 1 saturated heterocycles. The molecule has 2 aliphatic rings. The molecule has 1 unspecified atom stereocenters. The van der Waals surface area contributed by atoms with Crippen molar-refractivity contribution in [2.75, 3.05) is 6.61 Å². The molecule has 0 spiro atoms. The zero-order valence-corrected chi connectivity index (χ0v) is 19.2. The van der Waals surface area contributed by atoms with Crippen molar-refractivity contribution in [1.29, 1.82) is 0 Å². The summed E-state index contributed by atoms with van der Waals surface area (Å²) < 4.78 is 11.2. The third-order valence-electron chi connectivity index (χ3n) is 6.14. The van der Waals surface area contributed by atoms with Gasteiger partial charge in [0.1, 0.15) is 12.2 Å². The second kappa shape index (κ2) is 10.9. The normalized spacial score (nSPS) is 22.8. The van der Waals surface area contributed by atoms with Crippen molar-refractivity contribution in [1.82, 2.24) is 0 Å². The van der Waals surface area contributed by atoms with Crippen LogP contribution in [0.1, 0.15) is 64.4 Å². The van der Waals surface area contributed by atoms with E-state index in [0.29, 0.717) is 24.0 Å². The van der Waals surface area contributed by atoms with Crippen LogP contribution in [0, 0.1) is 25.7 Å². The number of alkyl halides is 1. The lowest BCUT2D eigenvalue weighted by Gasteiger charge is -2.33. The fourth-order valence-electron chi connectivity index (χ4n) is 3.96. The highest BCUT2D eigenvalue weighted by atomic mass is 35.5. The molecule has 1 aliphatic carbocycles. The van der Waals surface area contributed by atoms with Crippen molar-refractivity contribution in [2.45, 2.75) is 58.1 Å². The predicted octanol–water partition coefficient (Wildman–Crippen LogP) is 6.12. The molecule has 2 aromatic carbocycles. The van der Waals surface area contributed by atoms with E-state index in [2.05, 4.69) is 0 Å². The number of hydrogen-bond donors (Lipinski definition) is 0. The van der Waals surface area contributed by atoms with Crippen LogP contribution in [0.15, 0.2) is 48.5 Å². The van der Waals surface area contributed by atoms with Crippen molar-refractivity contribution in [3.8, 4) is 0 Å². The third kappa shape index (κ3) is 6.65. The number of Topliss-reactive ketones (excluding diaryl/α,β-unsaturated/α-hetero) is 1. The molecule has 3 atom stereocenters. The average molecular weight is 443 g/mol. The summed E-state index contributed by atoms with van der Waals surface area (Å²) in [7, 11) is 0. The number of benzene rings is 2. The lowest BCUT2D eigenvalue weighted by Crippen LogP contribution is -2.32. The molecule has 5 heteroatoms. The summed E-state index contributed by atoms with van der Waals surface area (Å²) in [6, 6.07) is 15.0. The third-order valence-corrected chi connectivity index (χ3v) is 6.42. The van der Waals surface area contributed by atoms with Crippen LogP contribution in [0.5, 0.6) is 0 Å². The standard InChI is InChI=1S/C17H21ClO3.C9H10O/c1-11-5-7-13(8-6-11)17(19)20-10-15-14(9-16(18)21-15)12-3-2-4-12;1-7-3-5-9(6-4-7)8(2)10/h5-8,12,14-16H,2-4,9-10H2,1H3;3-6H,1-2H3/t14-,15?,16-;/m0./s1. The van der Waals surface area contributed by atoms with Crippen LogP contribution in [0.4, 0.5) is 0 Å².